The minimum absolute atomic E-state index is 0.0564. The summed E-state index contributed by atoms with van der Waals surface area (Å²) in [6.45, 7) is 1.57. The van der Waals surface area contributed by atoms with E-state index in [1.54, 1.807) is 30.6 Å². The summed E-state index contributed by atoms with van der Waals surface area (Å²) in [6.07, 6.45) is 4.93. The molecule has 0 radical (unpaired) electrons. The minimum atomic E-state index is -0.0564. The molecule has 0 bridgehead atoms. The highest BCUT2D eigenvalue weighted by atomic mass is 35.5. The van der Waals surface area contributed by atoms with E-state index in [9.17, 15) is 4.79 Å². The molecular weight excluding hydrogens is 333 g/mol. The Hall–Kier alpha value is -1.62. The van der Waals surface area contributed by atoms with E-state index >= 15 is 0 Å². The van der Waals surface area contributed by atoms with E-state index in [0.717, 1.165) is 13.0 Å². The molecule has 1 N–H and O–H groups in total. The summed E-state index contributed by atoms with van der Waals surface area (Å²) in [7, 11) is 2.00. The van der Waals surface area contributed by atoms with Crippen molar-refractivity contribution in [1.29, 1.82) is 0 Å². The van der Waals surface area contributed by atoms with Crippen LogP contribution in [0.4, 0.5) is 5.69 Å². The molecule has 23 heavy (non-hydrogen) atoms. The second-order valence-electron chi connectivity index (χ2n) is 5.37. The van der Waals surface area contributed by atoms with E-state index in [1.165, 1.54) is 5.56 Å². The molecule has 0 atom stereocenters. The molecule has 2 rings (SSSR count). The van der Waals surface area contributed by atoms with E-state index in [4.69, 9.17) is 23.2 Å². The van der Waals surface area contributed by atoms with Gasteiger partial charge in [-0.25, -0.2) is 0 Å². The summed E-state index contributed by atoms with van der Waals surface area (Å²) in [5.74, 6) is -0.0564. The third kappa shape index (κ3) is 6.57. The van der Waals surface area contributed by atoms with Gasteiger partial charge in [-0.1, -0.05) is 23.2 Å². The predicted octanol–water partition coefficient (Wildman–Crippen LogP) is 3.89. The van der Waals surface area contributed by atoms with Crippen molar-refractivity contribution < 1.29 is 4.79 Å². The van der Waals surface area contributed by atoms with Gasteiger partial charge in [-0.2, -0.15) is 0 Å². The molecule has 0 aliphatic carbocycles. The number of nitrogens with one attached hydrogen (secondary N) is 1. The van der Waals surface area contributed by atoms with E-state index in [-0.39, 0.29) is 5.91 Å². The van der Waals surface area contributed by atoms with E-state index in [1.807, 2.05) is 19.2 Å². The highest BCUT2D eigenvalue weighted by molar-refractivity contribution is 6.35. The Morgan fingerprint density at radius 1 is 1.13 bits per heavy atom. The lowest BCUT2D eigenvalue weighted by Gasteiger charge is -2.16. The molecule has 0 aliphatic heterocycles. The van der Waals surface area contributed by atoms with Gasteiger partial charge in [0, 0.05) is 47.6 Å². The highest BCUT2D eigenvalue weighted by Crippen LogP contribution is 2.22. The maximum Gasteiger partial charge on any atom is 0.225 e. The van der Waals surface area contributed by atoms with Gasteiger partial charge in [-0.05, 0) is 49.4 Å². The summed E-state index contributed by atoms with van der Waals surface area (Å²) >= 11 is 11.8. The molecule has 0 unspecified atom stereocenters. The number of rotatable bonds is 7. The predicted molar refractivity (Wildman–Crippen MR) is 95.1 cm³/mol. The fraction of sp³-hybridized carbons (Fsp3) is 0.294. The molecule has 6 heteroatoms. The summed E-state index contributed by atoms with van der Waals surface area (Å²) < 4.78 is 0. The van der Waals surface area contributed by atoms with Gasteiger partial charge in [0.2, 0.25) is 5.91 Å². The van der Waals surface area contributed by atoms with Gasteiger partial charge in [-0.15, -0.1) is 0 Å². The van der Waals surface area contributed by atoms with Crippen LogP contribution in [-0.2, 0) is 11.2 Å². The lowest BCUT2D eigenvalue weighted by molar-refractivity contribution is -0.116. The first-order valence-corrected chi connectivity index (χ1v) is 8.12. The van der Waals surface area contributed by atoms with Crippen LogP contribution in [0.15, 0.2) is 42.7 Å². The van der Waals surface area contributed by atoms with Crippen molar-refractivity contribution >= 4 is 34.8 Å². The number of pyridine rings is 1. The van der Waals surface area contributed by atoms with Crippen LogP contribution in [0.25, 0.3) is 0 Å². The van der Waals surface area contributed by atoms with Crippen molar-refractivity contribution in [3.63, 3.8) is 0 Å². The molecule has 1 heterocycles. The number of hydrogen-bond donors (Lipinski definition) is 1. The normalized spacial score (nSPS) is 10.8. The average molecular weight is 352 g/mol. The van der Waals surface area contributed by atoms with Crippen LogP contribution in [0.2, 0.25) is 10.0 Å². The van der Waals surface area contributed by atoms with E-state index < -0.39 is 0 Å². The number of aromatic nitrogens is 1. The standard InChI is InChI=1S/C17H19Cl2N3O/c1-22(8-4-13-2-6-20-7-3-13)9-5-17(23)21-16-11-14(18)10-15(19)12-16/h2-3,6-7,10-12H,4-5,8-9H2,1H3,(H,21,23). The number of likely N-dealkylation sites (N-methyl/N-ethyl adjacent to an activating group) is 1. The second-order valence-corrected chi connectivity index (χ2v) is 6.24. The number of benzene rings is 1. The molecule has 1 aromatic carbocycles. The van der Waals surface area contributed by atoms with Crippen LogP contribution in [0.3, 0.4) is 0 Å². The Balaban J connectivity index is 1.73. The first-order chi connectivity index (χ1) is 11.0. The van der Waals surface area contributed by atoms with Crippen LogP contribution in [0, 0.1) is 0 Å². The van der Waals surface area contributed by atoms with Gasteiger partial charge >= 0.3 is 0 Å². The number of anilines is 1. The fourth-order valence-electron chi connectivity index (χ4n) is 2.12. The Morgan fingerprint density at radius 3 is 2.43 bits per heavy atom. The quantitative estimate of drug-likeness (QED) is 0.822. The van der Waals surface area contributed by atoms with Crippen LogP contribution < -0.4 is 5.32 Å². The monoisotopic (exact) mass is 351 g/mol. The van der Waals surface area contributed by atoms with Crippen molar-refractivity contribution in [3.05, 3.63) is 58.3 Å². The maximum atomic E-state index is 12.0. The molecule has 0 saturated carbocycles. The van der Waals surface area contributed by atoms with Gasteiger partial charge in [0.25, 0.3) is 0 Å². The topological polar surface area (TPSA) is 45.2 Å². The number of amides is 1. The zero-order valence-corrected chi connectivity index (χ0v) is 14.4. The van der Waals surface area contributed by atoms with Crippen molar-refractivity contribution in [3.8, 4) is 0 Å². The molecular formula is C17H19Cl2N3O. The van der Waals surface area contributed by atoms with Crippen LogP contribution in [0.1, 0.15) is 12.0 Å². The average Bonchev–Trinajstić information content (AvgIpc) is 2.51. The van der Waals surface area contributed by atoms with Gasteiger partial charge in [0.1, 0.15) is 0 Å². The van der Waals surface area contributed by atoms with Crippen LogP contribution >= 0.6 is 23.2 Å². The van der Waals surface area contributed by atoms with Gasteiger partial charge in [0.15, 0.2) is 0 Å². The number of carbonyl (C=O) groups excluding carboxylic acids is 1. The first kappa shape index (κ1) is 17.7. The Morgan fingerprint density at radius 2 is 1.78 bits per heavy atom. The Kier molecular flexibility index (Phi) is 6.84. The third-order valence-corrected chi connectivity index (χ3v) is 3.83. The summed E-state index contributed by atoms with van der Waals surface area (Å²) in [6, 6.07) is 9.00. The SMILES string of the molecule is CN(CCC(=O)Nc1cc(Cl)cc(Cl)c1)CCc1ccncc1. The van der Waals surface area contributed by atoms with E-state index in [2.05, 4.69) is 15.2 Å². The smallest absolute Gasteiger partial charge is 0.225 e. The lowest BCUT2D eigenvalue weighted by Crippen LogP contribution is -2.26. The van der Waals surface area contributed by atoms with Crippen molar-refractivity contribution in [2.45, 2.75) is 12.8 Å². The summed E-state index contributed by atoms with van der Waals surface area (Å²) in [5.41, 5.74) is 1.86. The molecule has 0 spiro atoms. The number of carbonyl (C=O) groups is 1. The molecule has 0 saturated heterocycles. The van der Waals surface area contributed by atoms with Gasteiger partial charge in [0.05, 0.1) is 0 Å². The van der Waals surface area contributed by atoms with Gasteiger partial charge in [-0.3, -0.25) is 9.78 Å². The zero-order valence-electron chi connectivity index (χ0n) is 12.9. The maximum absolute atomic E-state index is 12.0. The Labute approximate surface area is 146 Å². The highest BCUT2D eigenvalue weighted by Gasteiger charge is 2.07. The molecule has 0 fully saturated rings. The number of nitrogens with zero attached hydrogens (tertiary/aromatic N) is 2. The first-order valence-electron chi connectivity index (χ1n) is 7.36. The van der Waals surface area contributed by atoms with Crippen molar-refractivity contribution in [2.75, 3.05) is 25.5 Å². The molecule has 1 amide bonds. The zero-order chi connectivity index (χ0) is 16.7. The summed E-state index contributed by atoms with van der Waals surface area (Å²) in [5, 5.41) is 3.81. The van der Waals surface area contributed by atoms with Crippen molar-refractivity contribution in [1.82, 2.24) is 9.88 Å². The fourth-order valence-corrected chi connectivity index (χ4v) is 2.65. The number of hydrogen-bond acceptors (Lipinski definition) is 3. The molecule has 4 nitrogen and oxygen atoms in total. The largest absolute Gasteiger partial charge is 0.326 e. The van der Waals surface area contributed by atoms with Crippen LogP contribution in [-0.4, -0.2) is 35.9 Å². The van der Waals surface area contributed by atoms with Crippen LogP contribution in [0.5, 0.6) is 0 Å². The summed E-state index contributed by atoms with van der Waals surface area (Å²) in [4.78, 5) is 18.1. The molecule has 2 aromatic rings. The molecule has 0 aliphatic rings. The van der Waals surface area contributed by atoms with Gasteiger partial charge < -0.3 is 10.2 Å². The lowest BCUT2D eigenvalue weighted by atomic mass is 10.2. The number of halogens is 2. The minimum Gasteiger partial charge on any atom is -0.326 e. The van der Waals surface area contributed by atoms with Crippen molar-refractivity contribution in [2.24, 2.45) is 0 Å². The third-order valence-electron chi connectivity index (χ3n) is 3.40. The van der Waals surface area contributed by atoms with E-state index in [0.29, 0.717) is 28.7 Å². The second kappa shape index (κ2) is 8.87. The Bertz CT molecular complexity index is 629. The molecule has 1 aromatic heterocycles. The molecule has 122 valence electrons.